The highest BCUT2D eigenvalue weighted by Gasteiger charge is 2.33. The molecule has 0 aromatic carbocycles. The molecule has 0 saturated carbocycles. The molecule has 1 unspecified atom stereocenters. The molecule has 0 bridgehead atoms. The molecule has 1 rings (SSSR count). The molecule has 1 N–H and O–H groups in total. The number of ether oxygens (including phenoxy) is 1. The molecular formula is C13H24N2O4. The Hall–Kier alpha value is -1.30. The molecule has 19 heavy (non-hydrogen) atoms. The highest BCUT2D eigenvalue weighted by atomic mass is 16.6. The molecule has 1 aliphatic heterocycles. The van der Waals surface area contributed by atoms with Crippen molar-refractivity contribution in [2.45, 2.75) is 45.8 Å². The fourth-order valence-electron chi connectivity index (χ4n) is 2.13. The van der Waals surface area contributed by atoms with Gasteiger partial charge in [0.2, 0.25) is 5.91 Å². The smallest absolute Gasteiger partial charge is 0.410 e. The van der Waals surface area contributed by atoms with Gasteiger partial charge in [0.15, 0.2) is 0 Å². The minimum absolute atomic E-state index is 0.00985. The van der Waals surface area contributed by atoms with E-state index in [4.69, 9.17) is 9.84 Å². The van der Waals surface area contributed by atoms with Gasteiger partial charge in [-0.2, -0.15) is 0 Å². The van der Waals surface area contributed by atoms with E-state index in [2.05, 4.69) is 0 Å². The Kier molecular flexibility index (Phi) is 5.17. The van der Waals surface area contributed by atoms with Crippen molar-refractivity contribution in [3.63, 3.8) is 0 Å². The van der Waals surface area contributed by atoms with E-state index in [1.807, 2.05) is 0 Å². The van der Waals surface area contributed by atoms with Crippen LogP contribution < -0.4 is 0 Å². The van der Waals surface area contributed by atoms with Crippen LogP contribution in [0.4, 0.5) is 4.79 Å². The van der Waals surface area contributed by atoms with Crippen LogP contribution in [0.25, 0.3) is 0 Å². The molecular weight excluding hydrogens is 248 g/mol. The Morgan fingerprint density at radius 3 is 2.47 bits per heavy atom. The number of carbonyl (C=O) groups excluding carboxylic acids is 2. The predicted octanol–water partition coefficient (Wildman–Crippen LogP) is 0.837. The van der Waals surface area contributed by atoms with Crippen molar-refractivity contribution < 1.29 is 19.4 Å². The number of likely N-dealkylation sites (tertiary alicyclic amines) is 1. The number of carbonyl (C=O) groups is 2. The van der Waals surface area contributed by atoms with Crippen LogP contribution in [0.1, 0.15) is 34.1 Å². The van der Waals surface area contributed by atoms with Crippen molar-refractivity contribution in [2.75, 3.05) is 26.2 Å². The Labute approximate surface area is 114 Å². The summed E-state index contributed by atoms with van der Waals surface area (Å²) in [5.41, 5.74) is -0.566. The monoisotopic (exact) mass is 272 g/mol. The van der Waals surface area contributed by atoms with Gasteiger partial charge in [-0.25, -0.2) is 4.79 Å². The molecule has 1 aliphatic rings. The van der Waals surface area contributed by atoms with Crippen LogP contribution in [-0.4, -0.2) is 64.8 Å². The summed E-state index contributed by atoms with van der Waals surface area (Å²) in [5.74, 6) is 0.00985. The maximum atomic E-state index is 12.1. The zero-order chi connectivity index (χ0) is 14.6. The van der Waals surface area contributed by atoms with E-state index >= 15 is 0 Å². The minimum atomic E-state index is -0.566. The van der Waals surface area contributed by atoms with Crippen LogP contribution in [0.5, 0.6) is 0 Å². The van der Waals surface area contributed by atoms with Crippen LogP contribution in [0.2, 0.25) is 0 Å². The Morgan fingerprint density at radius 1 is 1.42 bits per heavy atom. The maximum absolute atomic E-state index is 12.1. The van der Waals surface area contributed by atoms with Gasteiger partial charge in [-0.15, -0.1) is 0 Å². The quantitative estimate of drug-likeness (QED) is 0.826. The largest absolute Gasteiger partial charge is 0.444 e. The van der Waals surface area contributed by atoms with Crippen LogP contribution in [0, 0.1) is 0 Å². The van der Waals surface area contributed by atoms with Crippen molar-refractivity contribution in [2.24, 2.45) is 0 Å². The van der Waals surface area contributed by atoms with E-state index in [9.17, 15) is 9.59 Å². The lowest BCUT2D eigenvalue weighted by molar-refractivity contribution is -0.128. The second-order valence-corrected chi connectivity index (χ2v) is 5.80. The molecule has 0 aromatic heterocycles. The fraction of sp³-hybridized carbons (Fsp3) is 0.846. The summed E-state index contributed by atoms with van der Waals surface area (Å²) in [7, 11) is 0. The Morgan fingerprint density at radius 2 is 2.05 bits per heavy atom. The van der Waals surface area contributed by atoms with Gasteiger partial charge in [0.1, 0.15) is 5.60 Å². The molecule has 6 nitrogen and oxygen atoms in total. The molecule has 1 saturated heterocycles. The first kappa shape index (κ1) is 15.8. The molecule has 2 amide bonds. The van der Waals surface area contributed by atoms with Gasteiger partial charge in [-0.1, -0.05) is 0 Å². The molecule has 0 aromatic rings. The van der Waals surface area contributed by atoms with Crippen molar-refractivity contribution in [3.8, 4) is 0 Å². The third-order valence-electron chi connectivity index (χ3n) is 3.02. The summed E-state index contributed by atoms with van der Waals surface area (Å²) >= 11 is 0. The first-order valence-electron chi connectivity index (χ1n) is 6.60. The summed E-state index contributed by atoms with van der Waals surface area (Å²) in [5, 5.41) is 9.09. The first-order valence-corrected chi connectivity index (χ1v) is 6.60. The predicted molar refractivity (Wildman–Crippen MR) is 70.7 cm³/mol. The molecule has 1 fully saturated rings. The van der Waals surface area contributed by atoms with Gasteiger partial charge < -0.3 is 19.6 Å². The van der Waals surface area contributed by atoms with Crippen LogP contribution >= 0.6 is 0 Å². The van der Waals surface area contributed by atoms with Crippen molar-refractivity contribution >= 4 is 12.0 Å². The molecule has 0 aliphatic carbocycles. The molecule has 1 atom stereocenters. The topological polar surface area (TPSA) is 70.1 Å². The molecule has 1 heterocycles. The average Bonchev–Trinajstić information content (AvgIpc) is 2.72. The van der Waals surface area contributed by atoms with E-state index in [1.165, 1.54) is 11.8 Å². The van der Waals surface area contributed by atoms with Crippen LogP contribution in [0.15, 0.2) is 0 Å². The first-order chi connectivity index (χ1) is 8.74. The Bertz CT molecular complexity index is 338. The maximum Gasteiger partial charge on any atom is 0.410 e. The SMILES string of the molecule is CC(=O)N1CCC(N(CCO)C(=O)OC(C)(C)C)C1. The molecule has 0 spiro atoms. The standard InChI is InChI=1S/C13H24N2O4/c1-10(17)14-6-5-11(9-14)15(7-8-16)12(18)19-13(2,3)4/h11,16H,5-9H2,1-4H3. The fourth-order valence-corrected chi connectivity index (χ4v) is 2.13. The minimum Gasteiger partial charge on any atom is -0.444 e. The summed E-state index contributed by atoms with van der Waals surface area (Å²) in [6.07, 6.45) is 0.288. The number of nitrogens with zero attached hydrogens (tertiary/aromatic N) is 2. The second kappa shape index (κ2) is 6.23. The third kappa shape index (κ3) is 4.70. The van der Waals surface area contributed by atoms with Gasteiger partial charge in [0.05, 0.1) is 12.6 Å². The van der Waals surface area contributed by atoms with E-state index in [-0.39, 0.29) is 25.1 Å². The average molecular weight is 272 g/mol. The van der Waals surface area contributed by atoms with E-state index in [0.29, 0.717) is 13.1 Å². The third-order valence-corrected chi connectivity index (χ3v) is 3.02. The van der Waals surface area contributed by atoms with E-state index in [0.717, 1.165) is 6.42 Å². The summed E-state index contributed by atoms with van der Waals surface area (Å²) in [6, 6.07) is -0.0779. The van der Waals surface area contributed by atoms with Crippen molar-refractivity contribution in [1.82, 2.24) is 9.80 Å². The number of amides is 2. The number of hydrogen-bond donors (Lipinski definition) is 1. The van der Waals surface area contributed by atoms with Crippen molar-refractivity contribution in [1.29, 1.82) is 0 Å². The zero-order valence-electron chi connectivity index (χ0n) is 12.2. The lowest BCUT2D eigenvalue weighted by Crippen LogP contribution is -2.46. The number of aliphatic hydroxyl groups excluding tert-OH is 1. The van der Waals surface area contributed by atoms with Gasteiger partial charge >= 0.3 is 6.09 Å². The van der Waals surface area contributed by atoms with Gasteiger partial charge in [0, 0.05) is 26.6 Å². The van der Waals surface area contributed by atoms with E-state index in [1.54, 1.807) is 25.7 Å². The summed E-state index contributed by atoms with van der Waals surface area (Å²) in [4.78, 5) is 26.6. The highest BCUT2D eigenvalue weighted by Crippen LogP contribution is 2.18. The number of aliphatic hydroxyl groups is 1. The summed E-state index contributed by atoms with van der Waals surface area (Å²) < 4.78 is 5.33. The normalized spacial score (nSPS) is 19.4. The molecule has 110 valence electrons. The van der Waals surface area contributed by atoms with Crippen molar-refractivity contribution in [3.05, 3.63) is 0 Å². The zero-order valence-corrected chi connectivity index (χ0v) is 12.2. The lowest BCUT2D eigenvalue weighted by atomic mass is 10.2. The highest BCUT2D eigenvalue weighted by molar-refractivity contribution is 5.74. The summed E-state index contributed by atoms with van der Waals surface area (Å²) in [6.45, 7) is 8.20. The van der Waals surface area contributed by atoms with Crippen LogP contribution in [0.3, 0.4) is 0 Å². The van der Waals surface area contributed by atoms with Gasteiger partial charge in [-0.05, 0) is 27.2 Å². The van der Waals surface area contributed by atoms with Gasteiger partial charge in [0.25, 0.3) is 0 Å². The number of hydrogen-bond acceptors (Lipinski definition) is 4. The Balaban J connectivity index is 2.68. The van der Waals surface area contributed by atoms with Gasteiger partial charge in [-0.3, -0.25) is 4.79 Å². The van der Waals surface area contributed by atoms with Crippen LogP contribution in [-0.2, 0) is 9.53 Å². The van der Waals surface area contributed by atoms with E-state index < -0.39 is 11.7 Å². The lowest BCUT2D eigenvalue weighted by Gasteiger charge is -2.31. The molecule has 6 heteroatoms. The molecule has 0 radical (unpaired) electrons. The second-order valence-electron chi connectivity index (χ2n) is 5.80. The number of rotatable bonds is 3.